The Kier molecular flexibility index (Phi) is 5.12. The van der Waals surface area contributed by atoms with E-state index >= 15 is 0 Å². The topological polar surface area (TPSA) is 41.5 Å². The number of hydrogen-bond donors (Lipinski definition) is 2. The number of aliphatic hydroxyl groups excluding tert-OH is 1. The van der Waals surface area contributed by atoms with Gasteiger partial charge in [-0.05, 0) is 24.3 Å². The highest BCUT2D eigenvalue weighted by atomic mass is 35.5. The lowest BCUT2D eigenvalue weighted by molar-refractivity contribution is 0.276. The van der Waals surface area contributed by atoms with Gasteiger partial charge >= 0.3 is 0 Å². The van der Waals surface area contributed by atoms with Crippen molar-refractivity contribution in [3.8, 4) is 5.75 Å². The molecule has 2 aromatic carbocycles. The summed E-state index contributed by atoms with van der Waals surface area (Å²) in [5, 5.41) is 13.8. The van der Waals surface area contributed by atoms with Crippen LogP contribution in [0.25, 0.3) is 0 Å². The van der Waals surface area contributed by atoms with Crippen molar-refractivity contribution < 1.29 is 9.84 Å². The molecular weight excluding hydrogens is 297 g/mol. The fourth-order valence-electron chi connectivity index (χ4n) is 1.97. The van der Waals surface area contributed by atoms with Gasteiger partial charge in [-0.25, -0.2) is 0 Å². The Balaban J connectivity index is 2.29. The number of benzene rings is 2. The first-order chi connectivity index (χ1) is 9.65. The highest BCUT2D eigenvalue weighted by Gasteiger charge is 2.17. The highest BCUT2D eigenvalue weighted by Crippen LogP contribution is 2.32. The van der Waals surface area contributed by atoms with E-state index in [0.29, 0.717) is 15.6 Å². The van der Waals surface area contributed by atoms with Gasteiger partial charge in [-0.1, -0.05) is 35.3 Å². The molecule has 0 heterocycles. The number of ether oxygens (including phenoxy) is 1. The van der Waals surface area contributed by atoms with Crippen LogP contribution in [-0.2, 0) is 0 Å². The molecule has 0 bridgehead atoms. The van der Waals surface area contributed by atoms with Gasteiger partial charge < -0.3 is 15.2 Å². The summed E-state index contributed by atoms with van der Waals surface area (Å²) in [5.41, 5.74) is 1.50. The molecule has 3 nitrogen and oxygen atoms in total. The third-order valence-electron chi connectivity index (χ3n) is 2.94. The molecule has 0 aliphatic rings. The van der Waals surface area contributed by atoms with E-state index in [1.807, 2.05) is 24.3 Å². The van der Waals surface area contributed by atoms with Crippen molar-refractivity contribution in [2.24, 2.45) is 0 Å². The van der Waals surface area contributed by atoms with Crippen molar-refractivity contribution in [2.75, 3.05) is 19.0 Å². The highest BCUT2D eigenvalue weighted by molar-refractivity contribution is 6.36. The first kappa shape index (κ1) is 15.0. The number of halogens is 2. The smallest absolute Gasteiger partial charge is 0.120 e. The van der Waals surface area contributed by atoms with Crippen LogP contribution >= 0.6 is 23.2 Å². The van der Waals surface area contributed by atoms with Crippen molar-refractivity contribution in [3.05, 3.63) is 58.1 Å². The summed E-state index contributed by atoms with van der Waals surface area (Å²) in [6.45, 7) is -0.124. The van der Waals surface area contributed by atoms with E-state index in [-0.39, 0.29) is 12.6 Å². The number of aliphatic hydroxyl groups is 1. The second-order valence-corrected chi connectivity index (χ2v) is 5.06. The van der Waals surface area contributed by atoms with Crippen LogP contribution in [0.1, 0.15) is 11.6 Å². The first-order valence-corrected chi connectivity index (χ1v) is 6.86. The molecule has 2 rings (SSSR count). The van der Waals surface area contributed by atoms with E-state index in [0.717, 1.165) is 11.4 Å². The van der Waals surface area contributed by atoms with Gasteiger partial charge in [0.05, 0.1) is 19.8 Å². The van der Waals surface area contributed by atoms with Crippen LogP contribution < -0.4 is 10.1 Å². The summed E-state index contributed by atoms with van der Waals surface area (Å²) >= 11 is 12.3. The molecule has 0 amide bonds. The Labute approximate surface area is 128 Å². The Hall–Kier alpha value is -1.42. The van der Waals surface area contributed by atoms with E-state index < -0.39 is 0 Å². The molecule has 2 aromatic rings. The zero-order chi connectivity index (χ0) is 14.5. The van der Waals surface area contributed by atoms with E-state index in [9.17, 15) is 5.11 Å². The maximum Gasteiger partial charge on any atom is 0.120 e. The minimum Gasteiger partial charge on any atom is -0.497 e. The SMILES string of the molecule is COc1cccc(NC(CO)c2c(Cl)cccc2Cl)c1. The van der Waals surface area contributed by atoms with Crippen LogP contribution in [0.5, 0.6) is 5.75 Å². The van der Waals surface area contributed by atoms with Crippen molar-refractivity contribution in [1.82, 2.24) is 0 Å². The molecule has 0 saturated heterocycles. The molecule has 0 fully saturated rings. The quantitative estimate of drug-likeness (QED) is 0.871. The van der Waals surface area contributed by atoms with Crippen molar-refractivity contribution in [2.45, 2.75) is 6.04 Å². The monoisotopic (exact) mass is 311 g/mol. The third-order valence-corrected chi connectivity index (χ3v) is 3.60. The molecule has 20 heavy (non-hydrogen) atoms. The van der Waals surface area contributed by atoms with Crippen LogP contribution in [-0.4, -0.2) is 18.8 Å². The predicted molar refractivity (Wildman–Crippen MR) is 82.9 cm³/mol. The largest absolute Gasteiger partial charge is 0.497 e. The van der Waals surface area contributed by atoms with Crippen LogP contribution in [0.15, 0.2) is 42.5 Å². The standard InChI is InChI=1S/C15H15Cl2NO2/c1-20-11-5-2-4-10(8-11)18-14(9-19)15-12(16)6-3-7-13(15)17/h2-8,14,18-19H,9H2,1H3. The van der Waals surface area contributed by atoms with Crippen LogP contribution in [0.2, 0.25) is 10.0 Å². The molecule has 2 N–H and O–H groups in total. The Bertz CT molecular complexity index is 570. The molecular formula is C15H15Cl2NO2. The van der Waals surface area contributed by atoms with Gasteiger partial charge in [0.1, 0.15) is 5.75 Å². The third kappa shape index (κ3) is 3.37. The lowest BCUT2D eigenvalue weighted by Gasteiger charge is -2.20. The molecule has 0 aromatic heterocycles. The van der Waals surface area contributed by atoms with Crippen LogP contribution in [0.3, 0.4) is 0 Å². The predicted octanol–water partition coefficient (Wildman–Crippen LogP) is 4.15. The van der Waals surface area contributed by atoms with Gasteiger partial charge in [0.25, 0.3) is 0 Å². The molecule has 0 spiro atoms. The van der Waals surface area contributed by atoms with E-state index in [1.54, 1.807) is 25.3 Å². The van der Waals surface area contributed by atoms with E-state index in [2.05, 4.69) is 5.32 Å². The zero-order valence-electron chi connectivity index (χ0n) is 10.9. The number of anilines is 1. The van der Waals surface area contributed by atoms with E-state index in [1.165, 1.54) is 0 Å². The van der Waals surface area contributed by atoms with Gasteiger partial charge in [0, 0.05) is 27.4 Å². The summed E-state index contributed by atoms with van der Waals surface area (Å²) in [5.74, 6) is 0.733. The van der Waals surface area contributed by atoms with Crippen molar-refractivity contribution in [1.29, 1.82) is 0 Å². The van der Waals surface area contributed by atoms with Gasteiger partial charge in [-0.3, -0.25) is 0 Å². The van der Waals surface area contributed by atoms with Crippen LogP contribution in [0, 0.1) is 0 Å². The average Bonchev–Trinajstić information content (AvgIpc) is 2.46. The number of hydrogen-bond acceptors (Lipinski definition) is 3. The zero-order valence-corrected chi connectivity index (χ0v) is 12.4. The number of nitrogens with one attached hydrogen (secondary N) is 1. The minimum absolute atomic E-state index is 0.124. The second-order valence-electron chi connectivity index (χ2n) is 4.25. The molecule has 1 atom stereocenters. The fourth-order valence-corrected chi connectivity index (χ4v) is 2.63. The Morgan fingerprint density at radius 2 is 1.80 bits per heavy atom. The lowest BCUT2D eigenvalue weighted by Crippen LogP contribution is -2.15. The number of rotatable bonds is 5. The van der Waals surface area contributed by atoms with Gasteiger partial charge in [0.15, 0.2) is 0 Å². The summed E-state index contributed by atoms with van der Waals surface area (Å²) in [7, 11) is 1.60. The molecule has 0 aliphatic carbocycles. The normalized spacial score (nSPS) is 12.0. The summed E-state index contributed by atoms with van der Waals surface area (Å²) in [6, 6.07) is 12.3. The molecule has 106 valence electrons. The van der Waals surface area contributed by atoms with Crippen molar-refractivity contribution in [3.63, 3.8) is 0 Å². The maximum atomic E-state index is 9.61. The molecule has 0 aliphatic heterocycles. The molecule has 1 unspecified atom stereocenters. The fraction of sp³-hybridized carbons (Fsp3) is 0.200. The van der Waals surface area contributed by atoms with Gasteiger partial charge in [0.2, 0.25) is 0 Å². The second kappa shape index (κ2) is 6.84. The Morgan fingerprint density at radius 3 is 2.40 bits per heavy atom. The van der Waals surface area contributed by atoms with E-state index in [4.69, 9.17) is 27.9 Å². The van der Waals surface area contributed by atoms with Crippen molar-refractivity contribution >= 4 is 28.9 Å². The molecule has 5 heteroatoms. The van der Waals surface area contributed by atoms with Crippen LogP contribution in [0.4, 0.5) is 5.69 Å². The Morgan fingerprint density at radius 1 is 1.15 bits per heavy atom. The molecule has 0 saturated carbocycles. The lowest BCUT2D eigenvalue weighted by atomic mass is 10.1. The summed E-state index contributed by atoms with van der Waals surface area (Å²) < 4.78 is 5.17. The van der Waals surface area contributed by atoms with Gasteiger partial charge in [-0.15, -0.1) is 0 Å². The minimum atomic E-state index is -0.386. The maximum absolute atomic E-state index is 9.61. The first-order valence-electron chi connectivity index (χ1n) is 6.11. The van der Waals surface area contributed by atoms with Gasteiger partial charge in [-0.2, -0.15) is 0 Å². The summed E-state index contributed by atoms with van der Waals surface area (Å²) in [4.78, 5) is 0. The number of methoxy groups -OCH3 is 1. The summed E-state index contributed by atoms with van der Waals surface area (Å²) in [6.07, 6.45) is 0. The molecule has 0 radical (unpaired) electrons. The average molecular weight is 312 g/mol.